The number of hydrogen-bond donors (Lipinski definition) is 4. The molecule has 33 heavy (non-hydrogen) atoms. The Morgan fingerprint density at radius 1 is 1.30 bits per heavy atom. The molecule has 7 heteroatoms. The highest BCUT2D eigenvalue weighted by Crippen LogP contribution is 2.35. The van der Waals surface area contributed by atoms with Crippen molar-refractivity contribution in [3.63, 3.8) is 0 Å². The molecule has 7 nitrogen and oxygen atoms in total. The Hall–Kier alpha value is -3.40. The fourth-order valence-corrected chi connectivity index (χ4v) is 5.23. The zero-order valence-electron chi connectivity index (χ0n) is 19.7. The van der Waals surface area contributed by atoms with Crippen LogP contribution in [0.25, 0.3) is 5.57 Å². The molecule has 3 aliphatic rings. The van der Waals surface area contributed by atoms with Crippen LogP contribution in [0.4, 0.5) is 0 Å². The highest BCUT2D eigenvalue weighted by molar-refractivity contribution is 5.86. The van der Waals surface area contributed by atoms with Crippen molar-refractivity contribution in [1.82, 2.24) is 26.2 Å². The number of amides is 1. The lowest BCUT2D eigenvalue weighted by Gasteiger charge is -2.28. The lowest BCUT2D eigenvalue weighted by atomic mass is 9.99. The fraction of sp³-hybridized carbons (Fsp3) is 0.462. The fourth-order valence-electron chi connectivity index (χ4n) is 5.23. The lowest BCUT2D eigenvalue weighted by Crippen LogP contribution is -2.48. The molecule has 4 N–H and O–H groups in total. The summed E-state index contributed by atoms with van der Waals surface area (Å²) in [4.78, 5) is 15.5. The van der Waals surface area contributed by atoms with Gasteiger partial charge in [-0.05, 0) is 78.6 Å². The molecule has 0 spiro atoms. The minimum Gasteiger partial charge on any atom is -0.394 e. The van der Waals surface area contributed by atoms with Crippen molar-refractivity contribution in [1.29, 1.82) is 5.26 Å². The Balaban J connectivity index is 1.47. The first kappa shape index (κ1) is 22.8. The van der Waals surface area contributed by atoms with E-state index in [2.05, 4.69) is 46.2 Å². The minimum absolute atomic E-state index is 0.0785. The first-order chi connectivity index (χ1) is 16.0. The predicted octanol–water partition coefficient (Wildman–Crippen LogP) is 2.89. The second-order valence-electron chi connectivity index (χ2n) is 9.04. The van der Waals surface area contributed by atoms with Gasteiger partial charge in [-0.1, -0.05) is 19.8 Å². The van der Waals surface area contributed by atoms with Gasteiger partial charge in [-0.3, -0.25) is 4.79 Å². The first-order valence-electron chi connectivity index (χ1n) is 11.9. The van der Waals surface area contributed by atoms with Gasteiger partial charge in [0.05, 0.1) is 23.0 Å². The molecule has 0 aromatic heterocycles. The first-order valence-corrected chi connectivity index (χ1v) is 11.9. The Morgan fingerprint density at radius 3 is 2.79 bits per heavy atom. The topological polar surface area (TPSA) is 92.2 Å². The monoisotopic (exact) mass is 446 g/mol. The van der Waals surface area contributed by atoms with Gasteiger partial charge in [0.25, 0.3) is 0 Å². The Labute approximate surface area is 196 Å². The lowest BCUT2D eigenvalue weighted by molar-refractivity contribution is -0.122. The van der Waals surface area contributed by atoms with E-state index in [1.165, 1.54) is 25.7 Å². The summed E-state index contributed by atoms with van der Waals surface area (Å²) in [6.45, 7) is 2.45. The average Bonchev–Trinajstić information content (AvgIpc) is 3.48. The zero-order chi connectivity index (χ0) is 23.4. The number of allylic oxidation sites excluding steroid dienone is 2. The smallest absolute Gasteiger partial charge is 0.249 e. The van der Waals surface area contributed by atoms with Crippen LogP contribution >= 0.6 is 0 Å². The number of carbonyl (C=O) groups excluding carboxylic acids is 1. The number of nitrogens with one attached hydrogen (secondary N) is 4. The molecule has 2 atom stereocenters. The summed E-state index contributed by atoms with van der Waals surface area (Å²) in [5.41, 5.74) is 5.66. The molecular weight excluding hydrogens is 412 g/mol. The van der Waals surface area contributed by atoms with Crippen LogP contribution in [0.1, 0.15) is 55.7 Å². The van der Waals surface area contributed by atoms with E-state index < -0.39 is 6.04 Å². The summed E-state index contributed by atoms with van der Waals surface area (Å²) >= 11 is 0. The van der Waals surface area contributed by atoms with Gasteiger partial charge in [-0.15, -0.1) is 0 Å². The standard InChI is InChI=1S/C26H34N6O/c1-4-19(16-28-2)21-12-17(14-27)11-18(13-21)15-30-26(33)24-23-22(9-10-29-24)32(3)25(31-23)20-7-5-6-8-20/h9-13,16,20,24-25,28-29,31H,4-8,15H2,1-3H3,(H,30,33)/b19-16+. The van der Waals surface area contributed by atoms with Crippen LogP contribution in [-0.2, 0) is 11.3 Å². The Kier molecular flexibility index (Phi) is 6.93. The number of likely N-dealkylation sites (N-methyl/N-ethyl adjacent to an activating group) is 1. The highest BCUT2D eigenvalue weighted by atomic mass is 16.2. The maximum atomic E-state index is 13.2. The number of nitrogens with zero attached hydrogens (tertiary/aromatic N) is 2. The molecule has 1 saturated carbocycles. The molecule has 1 aliphatic carbocycles. The van der Waals surface area contributed by atoms with Gasteiger partial charge < -0.3 is 26.2 Å². The SMILES string of the molecule is CC/C(=C\NC)c1cc(C#N)cc(CNC(=O)C2NC=CC3=C2NC(C2CCCC2)N3C)c1. The highest BCUT2D eigenvalue weighted by Gasteiger charge is 2.40. The molecule has 1 aromatic carbocycles. The third-order valence-electron chi connectivity index (χ3n) is 6.94. The van der Waals surface area contributed by atoms with Gasteiger partial charge in [0, 0.05) is 20.6 Å². The third-order valence-corrected chi connectivity index (χ3v) is 6.94. The van der Waals surface area contributed by atoms with Crippen molar-refractivity contribution in [2.24, 2.45) is 5.92 Å². The summed E-state index contributed by atoms with van der Waals surface area (Å²) in [5, 5.41) is 22.5. The van der Waals surface area contributed by atoms with E-state index in [0.717, 1.165) is 34.5 Å². The predicted molar refractivity (Wildman–Crippen MR) is 130 cm³/mol. The van der Waals surface area contributed by atoms with E-state index in [9.17, 15) is 10.1 Å². The van der Waals surface area contributed by atoms with E-state index in [-0.39, 0.29) is 12.1 Å². The number of carbonyl (C=O) groups is 1. The van der Waals surface area contributed by atoms with Crippen molar-refractivity contribution >= 4 is 11.5 Å². The maximum Gasteiger partial charge on any atom is 0.249 e. The molecule has 2 aliphatic heterocycles. The van der Waals surface area contributed by atoms with Gasteiger partial charge in [0.15, 0.2) is 0 Å². The minimum atomic E-state index is -0.451. The second kappa shape index (κ2) is 10.0. The Bertz CT molecular complexity index is 1030. The van der Waals surface area contributed by atoms with Crippen LogP contribution in [0.5, 0.6) is 0 Å². The molecule has 1 fully saturated rings. The van der Waals surface area contributed by atoms with Crippen molar-refractivity contribution in [2.45, 2.75) is 57.8 Å². The number of rotatable bonds is 7. The molecule has 0 bridgehead atoms. The van der Waals surface area contributed by atoms with Crippen molar-refractivity contribution in [2.75, 3.05) is 14.1 Å². The summed E-state index contributed by atoms with van der Waals surface area (Å²) in [5.74, 6) is 0.536. The quantitative estimate of drug-likeness (QED) is 0.515. The van der Waals surface area contributed by atoms with Gasteiger partial charge in [0.2, 0.25) is 5.91 Å². The molecule has 2 heterocycles. The zero-order valence-corrected chi connectivity index (χ0v) is 19.7. The number of hydrogen-bond acceptors (Lipinski definition) is 6. The van der Waals surface area contributed by atoms with E-state index in [1.54, 1.807) is 0 Å². The van der Waals surface area contributed by atoms with Gasteiger partial charge in [0.1, 0.15) is 12.2 Å². The molecule has 0 saturated heterocycles. The molecular formula is C26H34N6O. The average molecular weight is 447 g/mol. The normalized spacial score (nSPS) is 22.5. The van der Waals surface area contributed by atoms with Gasteiger partial charge in [-0.25, -0.2) is 0 Å². The maximum absolute atomic E-state index is 13.2. The summed E-state index contributed by atoms with van der Waals surface area (Å²) in [6.07, 6.45) is 12.0. The van der Waals surface area contributed by atoms with E-state index in [4.69, 9.17) is 0 Å². The van der Waals surface area contributed by atoms with Crippen LogP contribution < -0.4 is 21.3 Å². The van der Waals surface area contributed by atoms with Crippen molar-refractivity contribution in [3.05, 3.63) is 64.8 Å². The molecule has 174 valence electrons. The second-order valence-corrected chi connectivity index (χ2v) is 9.04. The Morgan fingerprint density at radius 2 is 2.09 bits per heavy atom. The largest absolute Gasteiger partial charge is 0.394 e. The number of dihydropyridines is 1. The van der Waals surface area contributed by atoms with Crippen molar-refractivity contribution < 1.29 is 4.79 Å². The van der Waals surface area contributed by atoms with E-state index >= 15 is 0 Å². The van der Waals surface area contributed by atoms with Crippen LogP contribution in [0.3, 0.4) is 0 Å². The van der Waals surface area contributed by atoms with Crippen LogP contribution in [0.2, 0.25) is 0 Å². The van der Waals surface area contributed by atoms with E-state index in [0.29, 0.717) is 18.0 Å². The molecule has 1 amide bonds. The van der Waals surface area contributed by atoms with Gasteiger partial charge in [-0.2, -0.15) is 5.26 Å². The van der Waals surface area contributed by atoms with Crippen LogP contribution in [0, 0.1) is 17.2 Å². The van der Waals surface area contributed by atoms with Gasteiger partial charge >= 0.3 is 0 Å². The van der Waals surface area contributed by atoms with E-state index in [1.807, 2.05) is 43.7 Å². The summed E-state index contributed by atoms with van der Waals surface area (Å²) in [6, 6.07) is 7.57. The summed E-state index contributed by atoms with van der Waals surface area (Å²) in [7, 11) is 3.98. The summed E-state index contributed by atoms with van der Waals surface area (Å²) < 4.78 is 0. The third kappa shape index (κ3) is 4.70. The number of nitriles is 1. The number of benzene rings is 1. The molecule has 4 rings (SSSR count). The molecule has 0 radical (unpaired) electrons. The molecule has 2 unspecified atom stereocenters. The van der Waals surface area contributed by atoms with Crippen LogP contribution in [-0.4, -0.2) is 37.1 Å². The van der Waals surface area contributed by atoms with Crippen LogP contribution in [0.15, 0.2) is 48.1 Å². The van der Waals surface area contributed by atoms with Crippen molar-refractivity contribution in [3.8, 4) is 6.07 Å². The molecule has 1 aromatic rings.